The molecule has 0 radical (unpaired) electrons. The molecule has 7 nitrogen and oxygen atoms in total. The van der Waals surface area contributed by atoms with Gasteiger partial charge in [0.25, 0.3) is 23.5 Å². The van der Waals surface area contributed by atoms with Gasteiger partial charge in [0, 0.05) is 13.0 Å². The Morgan fingerprint density at radius 2 is 1.65 bits per heavy atom. The van der Waals surface area contributed by atoms with Crippen LogP contribution < -0.4 is 0 Å². The molecular weight excluding hydrogens is 343 g/mol. The van der Waals surface area contributed by atoms with Gasteiger partial charge in [-0.05, 0) is 39.3 Å². The molecule has 8 heteroatoms. The number of nitrogens with zero attached hydrogens (tertiary/aromatic N) is 2. The number of imide groups is 2. The lowest BCUT2D eigenvalue weighted by molar-refractivity contribution is -0.157. The van der Waals surface area contributed by atoms with Crippen LogP contribution >= 0.6 is 0 Å². The first-order valence-corrected chi connectivity index (χ1v) is 8.28. The van der Waals surface area contributed by atoms with E-state index < -0.39 is 35.2 Å². The Morgan fingerprint density at radius 3 is 2.15 bits per heavy atom. The Morgan fingerprint density at radius 1 is 1.12 bits per heavy atom. The molecule has 3 rings (SSSR count). The summed E-state index contributed by atoms with van der Waals surface area (Å²) >= 11 is 0. The monoisotopic (exact) mass is 362 g/mol. The molecule has 138 valence electrons. The number of fused-ring (bicyclic) bond motifs is 1. The number of halogens is 1. The minimum atomic E-state index is -2.91. The van der Waals surface area contributed by atoms with Crippen molar-refractivity contribution in [2.75, 3.05) is 6.54 Å². The lowest BCUT2D eigenvalue weighted by Crippen LogP contribution is -2.63. The Kier molecular flexibility index (Phi) is 4.09. The highest BCUT2D eigenvalue weighted by molar-refractivity contribution is 6.23. The lowest BCUT2D eigenvalue weighted by Gasteiger charge is -2.39. The minimum Gasteiger partial charge on any atom is -0.443 e. The van der Waals surface area contributed by atoms with E-state index in [1.54, 1.807) is 32.9 Å². The van der Waals surface area contributed by atoms with Crippen LogP contribution in [0, 0.1) is 0 Å². The number of carbonyl (C=O) groups is 4. The van der Waals surface area contributed by atoms with Crippen LogP contribution in [0.5, 0.6) is 0 Å². The third-order valence-electron chi connectivity index (χ3n) is 4.23. The van der Waals surface area contributed by atoms with Gasteiger partial charge in [-0.2, -0.15) is 0 Å². The third-order valence-corrected chi connectivity index (χ3v) is 4.23. The summed E-state index contributed by atoms with van der Waals surface area (Å²) in [7, 11) is 0. The number of hydrogen-bond donors (Lipinski definition) is 0. The van der Waals surface area contributed by atoms with Crippen LogP contribution in [0.4, 0.5) is 9.18 Å². The molecule has 0 saturated carbocycles. The van der Waals surface area contributed by atoms with Crippen LogP contribution in [0.2, 0.25) is 0 Å². The highest BCUT2D eigenvalue weighted by atomic mass is 19.1. The molecule has 1 saturated heterocycles. The maximum absolute atomic E-state index is 15.7. The van der Waals surface area contributed by atoms with E-state index in [9.17, 15) is 19.2 Å². The van der Waals surface area contributed by atoms with Crippen molar-refractivity contribution in [2.45, 2.75) is 45.0 Å². The zero-order valence-corrected chi connectivity index (χ0v) is 14.7. The van der Waals surface area contributed by atoms with E-state index in [0.29, 0.717) is 9.80 Å². The molecule has 0 spiro atoms. The first kappa shape index (κ1) is 18.0. The van der Waals surface area contributed by atoms with Crippen molar-refractivity contribution in [2.24, 2.45) is 0 Å². The number of ether oxygens (including phenoxy) is 1. The third kappa shape index (κ3) is 2.75. The molecule has 1 aromatic rings. The molecular formula is C18H19FN2O5. The SMILES string of the molecule is CC(C)(C)OC(=O)N1CCC[C@@](F)(N2C(=O)c3ccccc3C2=O)C1=O. The Balaban J connectivity index is 1.93. The van der Waals surface area contributed by atoms with Crippen LogP contribution in [0.15, 0.2) is 24.3 Å². The summed E-state index contributed by atoms with van der Waals surface area (Å²) in [6, 6.07) is 5.90. The fraction of sp³-hybridized carbons (Fsp3) is 0.444. The van der Waals surface area contributed by atoms with Gasteiger partial charge in [-0.25, -0.2) is 19.0 Å². The minimum absolute atomic E-state index is 0.0386. The van der Waals surface area contributed by atoms with Crippen LogP contribution in [-0.2, 0) is 9.53 Å². The average Bonchev–Trinajstić information content (AvgIpc) is 2.81. The molecule has 4 amide bonds. The predicted octanol–water partition coefficient (Wildman–Crippen LogP) is 2.51. The summed E-state index contributed by atoms with van der Waals surface area (Å²) in [5, 5.41) is 0. The normalized spacial score (nSPS) is 23.3. The summed E-state index contributed by atoms with van der Waals surface area (Å²) in [4.78, 5) is 51.0. The van der Waals surface area contributed by atoms with Crippen LogP contribution in [0.3, 0.4) is 0 Å². The van der Waals surface area contributed by atoms with Gasteiger partial charge >= 0.3 is 6.09 Å². The van der Waals surface area contributed by atoms with Gasteiger partial charge < -0.3 is 4.74 Å². The number of likely N-dealkylation sites (tertiary alicyclic amines) is 1. The van der Waals surface area contributed by atoms with E-state index in [2.05, 4.69) is 0 Å². The van der Waals surface area contributed by atoms with E-state index in [1.807, 2.05) is 0 Å². The van der Waals surface area contributed by atoms with Gasteiger partial charge in [0.15, 0.2) is 0 Å². The van der Waals surface area contributed by atoms with E-state index in [0.717, 1.165) is 0 Å². The molecule has 0 aromatic heterocycles. The molecule has 0 aliphatic carbocycles. The van der Waals surface area contributed by atoms with Crippen molar-refractivity contribution in [3.63, 3.8) is 0 Å². The maximum atomic E-state index is 15.7. The fourth-order valence-corrected chi connectivity index (χ4v) is 3.10. The second-order valence-corrected chi connectivity index (χ2v) is 7.29. The zero-order valence-electron chi connectivity index (χ0n) is 14.7. The molecule has 2 aliphatic rings. The number of piperidine rings is 1. The van der Waals surface area contributed by atoms with Crippen LogP contribution in [0.1, 0.15) is 54.3 Å². The van der Waals surface area contributed by atoms with Crippen molar-refractivity contribution in [3.05, 3.63) is 35.4 Å². The molecule has 0 N–H and O–H groups in total. The Hall–Kier alpha value is -2.77. The highest BCUT2D eigenvalue weighted by Gasteiger charge is 2.58. The van der Waals surface area contributed by atoms with Crippen LogP contribution in [0.25, 0.3) is 0 Å². The number of amides is 4. The molecule has 26 heavy (non-hydrogen) atoms. The van der Waals surface area contributed by atoms with E-state index in [1.165, 1.54) is 12.1 Å². The van der Waals surface area contributed by atoms with Gasteiger partial charge in [-0.15, -0.1) is 0 Å². The summed E-state index contributed by atoms with van der Waals surface area (Å²) in [6.07, 6.45) is -1.26. The van der Waals surface area contributed by atoms with Crippen molar-refractivity contribution >= 4 is 23.8 Å². The molecule has 0 bridgehead atoms. The van der Waals surface area contributed by atoms with E-state index in [-0.39, 0.29) is 30.5 Å². The zero-order chi connectivity index (χ0) is 19.3. The topological polar surface area (TPSA) is 84.0 Å². The smallest absolute Gasteiger partial charge is 0.417 e. The second kappa shape index (κ2) is 5.89. The first-order chi connectivity index (χ1) is 12.1. The summed E-state index contributed by atoms with van der Waals surface area (Å²) in [6.45, 7) is 4.81. The largest absolute Gasteiger partial charge is 0.443 e. The van der Waals surface area contributed by atoms with Crippen molar-refractivity contribution in [1.29, 1.82) is 0 Å². The summed E-state index contributed by atoms with van der Waals surface area (Å²) < 4.78 is 20.8. The number of rotatable bonds is 1. The van der Waals surface area contributed by atoms with Crippen molar-refractivity contribution in [3.8, 4) is 0 Å². The summed E-state index contributed by atoms with van der Waals surface area (Å²) in [5.74, 6) is -5.94. The van der Waals surface area contributed by atoms with Crippen LogP contribution in [-0.4, -0.2) is 51.6 Å². The highest BCUT2D eigenvalue weighted by Crippen LogP contribution is 2.37. The Bertz CT molecular complexity index is 781. The predicted molar refractivity (Wildman–Crippen MR) is 88.0 cm³/mol. The van der Waals surface area contributed by atoms with Crippen molar-refractivity contribution < 1.29 is 28.3 Å². The number of carbonyl (C=O) groups excluding carboxylic acids is 4. The van der Waals surface area contributed by atoms with Gasteiger partial charge in [0.05, 0.1) is 11.1 Å². The molecule has 2 heterocycles. The summed E-state index contributed by atoms with van der Waals surface area (Å²) in [5.41, 5.74) is -0.794. The molecule has 0 unspecified atom stereocenters. The van der Waals surface area contributed by atoms with Gasteiger partial charge in [-0.3, -0.25) is 14.4 Å². The molecule has 2 aliphatic heterocycles. The first-order valence-electron chi connectivity index (χ1n) is 8.28. The molecule has 1 fully saturated rings. The van der Waals surface area contributed by atoms with Crippen molar-refractivity contribution in [1.82, 2.24) is 9.80 Å². The standard InChI is InChI=1S/C18H19FN2O5/c1-17(2,3)26-16(25)20-10-6-9-18(19,15(20)24)21-13(22)11-7-4-5-8-12(11)14(21)23/h4-5,7-8H,6,9-10H2,1-3H3/t18-/m1/s1. The Labute approximate surface area is 149 Å². The number of alkyl halides is 1. The maximum Gasteiger partial charge on any atom is 0.417 e. The van der Waals surface area contributed by atoms with Gasteiger partial charge in [0.1, 0.15) is 5.60 Å². The van der Waals surface area contributed by atoms with E-state index in [4.69, 9.17) is 4.74 Å². The second-order valence-electron chi connectivity index (χ2n) is 7.29. The number of hydrogen-bond acceptors (Lipinski definition) is 5. The molecule has 1 aromatic carbocycles. The van der Waals surface area contributed by atoms with Gasteiger partial charge in [-0.1, -0.05) is 12.1 Å². The average molecular weight is 362 g/mol. The van der Waals surface area contributed by atoms with Gasteiger partial charge in [0.2, 0.25) is 0 Å². The quantitative estimate of drug-likeness (QED) is 0.566. The molecule has 1 atom stereocenters. The fourth-order valence-electron chi connectivity index (χ4n) is 3.10. The lowest BCUT2D eigenvalue weighted by atomic mass is 10.0. The van der Waals surface area contributed by atoms with E-state index >= 15 is 4.39 Å². The number of benzene rings is 1.